The molecule has 0 aliphatic rings. The van der Waals surface area contributed by atoms with E-state index in [0.717, 1.165) is 16.8 Å². The molecule has 0 saturated carbocycles. The maximum absolute atomic E-state index is 10.6. The van der Waals surface area contributed by atoms with Gasteiger partial charge in [-0.1, -0.05) is 17.7 Å². The lowest BCUT2D eigenvalue weighted by Crippen LogP contribution is -2.06. The van der Waals surface area contributed by atoms with Gasteiger partial charge in [0.1, 0.15) is 6.42 Å². The van der Waals surface area contributed by atoms with Crippen LogP contribution in [0, 0.1) is 20.8 Å². The summed E-state index contributed by atoms with van der Waals surface area (Å²) in [5.41, 5.74) is 4.09. The number of carbonyl (C=O) groups is 1. The summed E-state index contributed by atoms with van der Waals surface area (Å²) >= 11 is 0. The Hall–Kier alpha value is -2.24. The fraction of sp³-hybridized carbons (Fsp3) is 0.333. The van der Waals surface area contributed by atoms with Gasteiger partial charge in [-0.15, -0.1) is 15.0 Å². The van der Waals surface area contributed by atoms with Crippen molar-refractivity contribution in [2.75, 3.05) is 0 Å². The molecule has 2 rings (SSSR count). The first kappa shape index (κ1) is 12.2. The van der Waals surface area contributed by atoms with E-state index in [4.69, 9.17) is 5.11 Å². The zero-order valence-corrected chi connectivity index (χ0v) is 10.5. The van der Waals surface area contributed by atoms with E-state index in [-0.39, 0.29) is 12.2 Å². The molecule has 1 aromatic carbocycles. The van der Waals surface area contributed by atoms with Gasteiger partial charge in [0.15, 0.2) is 5.82 Å². The third-order valence-electron chi connectivity index (χ3n) is 2.60. The number of tetrazole rings is 1. The van der Waals surface area contributed by atoms with Crippen molar-refractivity contribution in [3.8, 4) is 5.69 Å². The number of nitrogens with zero attached hydrogens (tertiary/aromatic N) is 4. The average molecular weight is 246 g/mol. The molecular formula is C12H14N4O2. The molecular weight excluding hydrogens is 232 g/mol. The monoisotopic (exact) mass is 246 g/mol. The van der Waals surface area contributed by atoms with Crippen LogP contribution in [0.2, 0.25) is 0 Å². The van der Waals surface area contributed by atoms with Crippen LogP contribution in [-0.2, 0) is 11.2 Å². The summed E-state index contributed by atoms with van der Waals surface area (Å²) in [6.45, 7) is 5.96. The molecule has 0 unspecified atom stereocenters. The fourth-order valence-electron chi connectivity index (χ4n) is 2.03. The van der Waals surface area contributed by atoms with E-state index in [1.165, 1.54) is 10.4 Å². The number of aliphatic carboxylic acids is 1. The number of hydrogen-bond acceptors (Lipinski definition) is 4. The number of benzene rings is 1. The first-order valence-corrected chi connectivity index (χ1v) is 5.56. The highest BCUT2D eigenvalue weighted by atomic mass is 16.4. The van der Waals surface area contributed by atoms with Crippen molar-refractivity contribution in [2.24, 2.45) is 0 Å². The van der Waals surface area contributed by atoms with E-state index in [0.29, 0.717) is 0 Å². The van der Waals surface area contributed by atoms with Gasteiger partial charge in [-0.05, 0) is 37.1 Å². The van der Waals surface area contributed by atoms with Crippen LogP contribution in [0.15, 0.2) is 12.1 Å². The maximum Gasteiger partial charge on any atom is 0.311 e. The minimum absolute atomic E-state index is 0.210. The molecule has 6 nitrogen and oxygen atoms in total. The first-order chi connectivity index (χ1) is 8.47. The lowest BCUT2D eigenvalue weighted by molar-refractivity contribution is -0.136. The summed E-state index contributed by atoms with van der Waals surface area (Å²) in [6.07, 6.45) is -0.218. The molecule has 0 spiro atoms. The normalized spacial score (nSPS) is 10.6. The smallest absolute Gasteiger partial charge is 0.311 e. The highest BCUT2D eigenvalue weighted by Gasteiger charge is 2.12. The Kier molecular flexibility index (Phi) is 3.10. The van der Waals surface area contributed by atoms with Crippen molar-refractivity contribution in [3.05, 3.63) is 34.6 Å². The van der Waals surface area contributed by atoms with Gasteiger partial charge in [-0.2, -0.15) is 0 Å². The van der Waals surface area contributed by atoms with E-state index in [9.17, 15) is 4.79 Å². The van der Waals surface area contributed by atoms with Crippen LogP contribution in [0.3, 0.4) is 0 Å². The van der Waals surface area contributed by atoms with Crippen molar-refractivity contribution in [3.63, 3.8) is 0 Å². The number of carboxylic acids is 1. The second kappa shape index (κ2) is 4.56. The third kappa shape index (κ3) is 2.37. The van der Waals surface area contributed by atoms with Crippen LogP contribution in [0.1, 0.15) is 22.5 Å². The summed E-state index contributed by atoms with van der Waals surface area (Å²) in [4.78, 5) is 12.0. The lowest BCUT2D eigenvalue weighted by Gasteiger charge is -2.08. The average Bonchev–Trinajstić information content (AvgIpc) is 2.63. The molecule has 6 heteroatoms. The highest BCUT2D eigenvalue weighted by Crippen LogP contribution is 2.19. The highest BCUT2D eigenvalue weighted by molar-refractivity contribution is 5.68. The van der Waals surface area contributed by atoms with Crippen molar-refractivity contribution < 1.29 is 9.90 Å². The number of aromatic nitrogens is 4. The zero-order valence-electron chi connectivity index (χ0n) is 10.5. The standard InChI is InChI=1S/C12H14N4O2/c1-7-4-8(2)12(9(3)5-7)16-14-10(13-15-16)6-11(17)18/h4-5H,6H2,1-3H3,(H,17,18). The van der Waals surface area contributed by atoms with Crippen LogP contribution in [0.5, 0.6) is 0 Å². The molecule has 1 heterocycles. The first-order valence-electron chi connectivity index (χ1n) is 5.56. The number of aryl methyl sites for hydroxylation is 3. The summed E-state index contributed by atoms with van der Waals surface area (Å²) in [5, 5.41) is 20.4. The van der Waals surface area contributed by atoms with Crippen molar-refractivity contribution in [1.29, 1.82) is 0 Å². The summed E-state index contributed by atoms with van der Waals surface area (Å²) in [7, 11) is 0. The van der Waals surface area contributed by atoms with Gasteiger partial charge in [0.25, 0.3) is 0 Å². The minimum atomic E-state index is -0.966. The summed E-state index contributed by atoms with van der Waals surface area (Å²) in [6, 6.07) is 4.06. The topological polar surface area (TPSA) is 80.9 Å². The number of rotatable bonds is 3. The van der Waals surface area contributed by atoms with Crippen LogP contribution >= 0.6 is 0 Å². The van der Waals surface area contributed by atoms with Crippen molar-refractivity contribution in [2.45, 2.75) is 27.2 Å². The van der Waals surface area contributed by atoms with Crippen LogP contribution in [-0.4, -0.2) is 31.3 Å². The molecule has 0 atom stereocenters. The van der Waals surface area contributed by atoms with Crippen molar-refractivity contribution >= 4 is 5.97 Å². The largest absolute Gasteiger partial charge is 0.481 e. The predicted octanol–water partition coefficient (Wildman–Crippen LogP) is 1.21. The van der Waals surface area contributed by atoms with Gasteiger partial charge in [0.05, 0.1) is 5.69 Å². The molecule has 0 saturated heterocycles. The van der Waals surface area contributed by atoms with Crippen molar-refractivity contribution in [1.82, 2.24) is 20.2 Å². The Morgan fingerprint density at radius 2 is 1.89 bits per heavy atom. The molecule has 0 aliphatic carbocycles. The molecule has 1 aromatic heterocycles. The van der Waals surface area contributed by atoms with E-state index in [1.54, 1.807) is 0 Å². The molecule has 0 amide bonds. The van der Waals surface area contributed by atoms with E-state index >= 15 is 0 Å². The van der Waals surface area contributed by atoms with Gasteiger partial charge in [-0.3, -0.25) is 4.79 Å². The predicted molar refractivity (Wildman–Crippen MR) is 64.7 cm³/mol. The van der Waals surface area contributed by atoms with Gasteiger partial charge in [0, 0.05) is 0 Å². The zero-order chi connectivity index (χ0) is 13.3. The maximum atomic E-state index is 10.6. The Morgan fingerprint density at radius 1 is 1.28 bits per heavy atom. The minimum Gasteiger partial charge on any atom is -0.481 e. The third-order valence-corrected chi connectivity index (χ3v) is 2.60. The number of carboxylic acid groups (broad SMARTS) is 1. The second-order valence-electron chi connectivity index (χ2n) is 4.31. The second-order valence-corrected chi connectivity index (χ2v) is 4.31. The Labute approximate surface area is 104 Å². The van der Waals surface area contributed by atoms with Gasteiger partial charge in [-0.25, -0.2) is 0 Å². The fourth-order valence-corrected chi connectivity index (χ4v) is 2.03. The Bertz CT molecular complexity index is 581. The van der Waals surface area contributed by atoms with Crippen LogP contribution < -0.4 is 0 Å². The number of hydrogen-bond donors (Lipinski definition) is 1. The molecule has 2 aromatic rings. The lowest BCUT2D eigenvalue weighted by atomic mass is 10.1. The summed E-state index contributed by atoms with van der Waals surface area (Å²) in [5.74, 6) is -0.756. The molecule has 1 N–H and O–H groups in total. The Morgan fingerprint density at radius 3 is 2.44 bits per heavy atom. The quantitative estimate of drug-likeness (QED) is 0.880. The molecule has 0 radical (unpaired) electrons. The van der Waals surface area contributed by atoms with Gasteiger partial charge >= 0.3 is 5.97 Å². The van der Waals surface area contributed by atoms with Gasteiger partial charge in [0.2, 0.25) is 0 Å². The molecule has 0 aliphatic heterocycles. The SMILES string of the molecule is Cc1cc(C)c(-n2nnc(CC(=O)O)n2)c(C)c1. The van der Waals surface area contributed by atoms with E-state index < -0.39 is 5.97 Å². The van der Waals surface area contributed by atoms with Crippen LogP contribution in [0.4, 0.5) is 0 Å². The van der Waals surface area contributed by atoms with Crippen LogP contribution in [0.25, 0.3) is 5.69 Å². The molecule has 18 heavy (non-hydrogen) atoms. The molecule has 0 bridgehead atoms. The molecule has 94 valence electrons. The van der Waals surface area contributed by atoms with E-state index in [2.05, 4.69) is 15.4 Å². The van der Waals surface area contributed by atoms with E-state index in [1.807, 2.05) is 32.9 Å². The molecule has 0 fully saturated rings. The summed E-state index contributed by atoms with van der Waals surface area (Å²) < 4.78 is 0. The Balaban J connectivity index is 2.43. The van der Waals surface area contributed by atoms with Gasteiger partial charge < -0.3 is 5.11 Å².